The first-order valence-electron chi connectivity index (χ1n) is 11.6. The van der Waals surface area contributed by atoms with Crippen LogP contribution in [0.5, 0.6) is 11.5 Å². The van der Waals surface area contributed by atoms with Gasteiger partial charge in [-0.3, -0.25) is 4.90 Å². The fraction of sp³-hybridized carbons (Fsp3) is 0.423. The van der Waals surface area contributed by atoms with E-state index in [1.165, 1.54) is 6.07 Å². The molecule has 33 heavy (non-hydrogen) atoms. The van der Waals surface area contributed by atoms with E-state index >= 15 is 0 Å². The zero-order valence-corrected chi connectivity index (χ0v) is 19.0. The lowest BCUT2D eigenvalue weighted by atomic mass is 9.79. The highest BCUT2D eigenvalue weighted by Crippen LogP contribution is 2.46. The number of benzene rings is 2. The van der Waals surface area contributed by atoms with Gasteiger partial charge in [-0.1, -0.05) is 17.3 Å². The average Bonchev–Trinajstić information content (AvgIpc) is 3.43. The molecule has 4 heterocycles. The third-order valence-electron chi connectivity index (χ3n) is 7.63. The highest BCUT2D eigenvalue weighted by molar-refractivity contribution is 6.05. The third kappa shape index (κ3) is 3.21. The molecule has 0 amide bonds. The van der Waals surface area contributed by atoms with Crippen molar-refractivity contribution in [1.29, 1.82) is 0 Å². The van der Waals surface area contributed by atoms with Crippen molar-refractivity contribution in [3.05, 3.63) is 64.5 Å². The van der Waals surface area contributed by atoms with Crippen molar-refractivity contribution in [3.63, 3.8) is 0 Å². The molecule has 2 aromatic carbocycles. The van der Waals surface area contributed by atoms with Gasteiger partial charge in [-0.05, 0) is 55.8 Å². The number of methoxy groups -OCH3 is 2. The summed E-state index contributed by atoms with van der Waals surface area (Å²) >= 11 is 0. The second kappa shape index (κ2) is 7.76. The molecule has 7 heteroatoms. The molecule has 172 valence electrons. The zero-order valence-electron chi connectivity index (χ0n) is 19.0. The molecule has 4 aliphatic heterocycles. The molecule has 0 saturated carbocycles. The molecule has 6 nitrogen and oxygen atoms in total. The second-order valence-corrected chi connectivity index (χ2v) is 9.32. The Morgan fingerprint density at radius 1 is 1.15 bits per heavy atom. The number of amidine groups is 1. The third-order valence-corrected chi connectivity index (χ3v) is 7.63. The summed E-state index contributed by atoms with van der Waals surface area (Å²) in [4.78, 5) is 11.1. The normalized spacial score (nSPS) is 27.3. The van der Waals surface area contributed by atoms with Gasteiger partial charge >= 0.3 is 0 Å². The van der Waals surface area contributed by atoms with Gasteiger partial charge in [-0.2, -0.15) is 0 Å². The molecule has 2 bridgehead atoms. The van der Waals surface area contributed by atoms with Gasteiger partial charge < -0.3 is 19.2 Å². The van der Waals surface area contributed by atoms with Crippen molar-refractivity contribution in [2.24, 2.45) is 11.1 Å². The number of hydrogen-bond acceptors (Lipinski definition) is 6. The van der Waals surface area contributed by atoms with E-state index in [1.807, 2.05) is 30.3 Å². The van der Waals surface area contributed by atoms with Crippen molar-refractivity contribution in [3.8, 4) is 11.5 Å². The molecule has 0 unspecified atom stereocenters. The maximum Gasteiger partial charge on any atom is 0.227 e. The summed E-state index contributed by atoms with van der Waals surface area (Å²) in [7, 11) is 3.33. The van der Waals surface area contributed by atoms with Crippen molar-refractivity contribution in [1.82, 2.24) is 9.80 Å². The van der Waals surface area contributed by atoms with Crippen LogP contribution in [-0.2, 0) is 17.8 Å². The van der Waals surface area contributed by atoms with Crippen LogP contribution in [0.1, 0.15) is 29.5 Å². The van der Waals surface area contributed by atoms with Gasteiger partial charge in [0.05, 0.1) is 27.3 Å². The number of ether oxygens (including phenoxy) is 2. The molecule has 7 rings (SSSR count). The van der Waals surface area contributed by atoms with Crippen LogP contribution in [0.2, 0.25) is 0 Å². The van der Waals surface area contributed by atoms with Crippen molar-refractivity contribution < 1.29 is 18.7 Å². The van der Waals surface area contributed by atoms with Crippen LogP contribution < -0.4 is 9.47 Å². The molecule has 2 aromatic rings. The summed E-state index contributed by atoms with van der Waals surface area (Å²) in [6.07, 6.45) is 4.77. The Balaban J connectivity index is 1.39. The molecule has 3 fully saturated rings. The van der Waals surface area contributed by atoms with E-state index in [1.54, 1.807) is 20.3 Å². The maximum absolute atomic E-state index is 14.5. The Hall–Kier alpha value is -3.06. The SMILES string of the molecule is COc1ccc(CN2C(C3=Cc4c(F)cccc4C3)=NO[C@]23CN2CCC3CC2)c(OC)c1. The summed E-state index contributed by atoms with van der Waals surface area (Å²) in [6, 6.07) is 11.2. The Kier molecular flexibility index (Phi) is 4.83. The number of rotatable bonds is 5. The Labute approximate surface area is 193 Å². The molecule has 0 radical (unpaired) electrons. The monoisotopic (exact) mass is 449 g/mol. The average molecular weight is 450 g/mol. The predicted octanol–water partition coefficient (Wildman–Crippen LogP) is 4.05. The molecular formula is C26H28FN3O3. The van der Waals surface area contributed by atoms with Gasteiger partial charge in [0.2, 0.25) is 5.72 Å². The molecule has 1 aliphatic carbocycles. The molecule has 1 spiro atoms. The van der Waals surface area contributed by atoms with Crippen molar-refractivity contribution in [2.45, 2.75) is 31.5 Å². The van der Waals surface area contributed by atoms with Gasteiger partial charge in [0.1, 0.15) is 17.3 Å². The number of hydrogen-bond donors (Lipinski definition) is 0. The first-order valence-corrected chi connectivity index (χ1v) is 11.6. The fourth-order valence-corrected chi connectivity index (χ4v) is 5.87. The summed E-state index contributed by atoms with van der Waals surface area (Å²) in [6.45, 7) is 3.61. The minimum atomic E-state index is -0.509. The van der Waals surface area contributed by atoms with Gasteiger partial charge in [0.15, 0.2) is 5.84 Å². The van der Waals surface area contributed by atoms with E-state index in [2.05, 4.69) is 15.0 Å². The predicted molar refractivity (Wildman–Crippen MR) is 124 cm³/mol. The lowest BCUT2D eigenvalue weighted by Gasteiger charge is -2.53. The van der Waals surface area contributed by atoms with E-state index in [4.69, 9.17) is 14.3 Å². The summed E-state index contributed by atoms with van der Waals surface area (Å²) in [5.41, 5.74) is 3.17. The van der Waals surface area contributed by atoms with E-state index in [0.717, 1.165) is 66.5 Å². The van der Waals surface area contributed by atoms with Crippen LogP contribution >= 0.6 is 0 Å². The second-order valence-electron chi connectivity index (χ2n) is 9.32. The summed E-state index contributed by atoms with van der Waals surface area (Å²) in [5.74, 6) is 2.53. The highest BCUT2D eigenvalue weighted by Gasteiger charge is 2.57. The molecule has 0 N–H and O–H groups in total. The van der Waals surface area contributed by atoms with E-state index in [9.17, 15) is 4.39 Å². The molecule has 3 saturated heterocycles. The fourth-order valence-electron chi connectivity index (χ4n) is 5.87. The van der Waals surface area contributed by atoms with Crippen molar-refractivity contribution in [2.75, 3.05) is 33.9 Å². The summed E-state index contributed by atoms with van der Waals surface area (Å²) < 4.78 is 25.6. The van der Waals surface area contributed by atoms with Gasteiger partial charge in [0.25, 0.3) is 0 Å². The number of piperidine rings is 3. The minimum absolute atomic E-state index is 0.192. The molecule has 1 atom stereocenters. The van der Waals surface area contributed by atoms with Gasteiger partial charge in [-0.15, -0.1) is 0 Å². The first-order chi connectivity index (χ1) is 16.1. The molecular weight excluding hydrogens is 421 g/mol. The number of nitrogens with zero attached hydrogens (tertiary/aromatic N) is 3. The van der Waals surface area contributed by atoms with Crippen LogP contribution in [0.15, 0.2) is 47.1 Å². The lowest BCUT2D eigenvalue weighted by molar-refractivity contribution is -0.198. The molecule has 5 aliphatic rings. The Morgan fingerprint density at radius 2 is 2.00 bits per heavy atom. The van der Waals surface area contributed by atoms with Crippen LogP contribution in [0.25, 0.3) is 6.08 Å². The number of oxime groups is 1. The standard InChI is InChI=1S/C26H28FN3O3/c1-31-21-7-6-18(24(14-21)32-2)15-30-25(19-12-17-4-3-5-23(27)22(17)13-19)28-33-26(30)16-29-10-8-20(26)9-11-29/h3-7,13-14,20H,8-12,15-16H2,1-2H3/t26-/m0/s1. The van der Waals surface area contributed by atoms with Crippen LogP contribution in [0.4, 0.5) is 4.39 Å². The zero-order chi connectivity index (χ0) is 22.6. The maximum atomic E-state index is 14.5. The topological polar surface area (TPSA) is 46.5 Å². The first kappa shape index (κ1) is 20.5. The van der Waals surface area contributed by atoms with E-state index < -0.39 is 5.72 Å². The smallest absolute Gasteiger partial charge is 0.227 e. The molecule has 0 aromatic heterocycles. The van der Waals surface area contributed by atoms with Crippen LogP contribution in [0, 0.1) is 11.7 Å². The Morgan fingerprint density at radius 3 is 2.70 bits per heavy atom. The minimum Gasteiger partial charge on any atom is -0.497 e. The Bertz CT molecular complexity index is 1160. The number of fused-ring (bicyclic) bond motifs is 3. The quantitative estimate of drug-likeness (QED) is 0.689. The van der Waals surface area contributed by atoms with E-state index in [0.29, 0.717) is 24.4 Å². The largest absolute Gasteiger partial charge is 0.497 e. The lowest BCUT2D eigenvalue weighted by Crippen LogP contribution is -2.66. The van der Waals surface area contributed by atoms with E-state index in [-0.39, 0.29) is 5.82 Å². The van der Waals surface area contributed by atoms with Gasteiger partial charge in [0, 0.05) is 35.1 Å². The van der Waals surface area contributed by atoms with Gasteiger partial charge in [-0.25, -0.2) is 4.39 Å². The highest BCUT2D eigenvalue weighted by atomic mass is 19.1. The van der Waals surface area contributed by atoms with Crippen LogP contribution in [0.3, 0.4) is 0 Å². The van der Waals surface area contributed by atoms with Crippen LogP contribution in [-0.4, -0.2) is 55.2 Å². The number of halogens is 1. The summed E-state index contributed by atoms with van der Waals surface area (Å²) in [5, 5.41) is 4.65. The van der Waals surface area contributed by atoms with Crippen molar-refractivity contribution >= 4 is 11.9 Å².